The van der Waals surface area contributed by atoms with Crippen LogP contribution < -0.4 is 0 Å². The fourth-order valence-electron chi connectivity index (χ4n) is 2.70. The van der Waals surface area contributed by atoms with Crippen molar-refractivity contribution in [1.29, 1.82) is 0 Å². The van der Waals surface area contributed by atoms with E-state index in [-0.39, 0.29) is 12.0 Å². The molecule has 1 aliphatic rings. The Kier molecular flexibility index (Phi) is 5.04. The Bertz CT molecular complexity index is 597. The van der Waals surface area contributed by atoms with E-state index in [9.17, 15) is 5.11 Å². The number of aromatic nitrogens is 5. The predicted molar refractivity (Wildman–Crippen MR) is 83.8 cm³/mol. The van der Waals surface area contributed by atoms with Crippen LogP contribution in [0.5, 0.6) is 0 Å². The largest absolute Gasteiger partial charge is 0.390 e. The van der Waals surface area contributed by atoms with Gasteiger partial charge in [-0.05, 0) is 6.07 Å². The van der Waals surface area contributed by atoms with Crippen molar-refractivity contribution in [3.63, 3.8) is 0 Å². The van der Waals surface area contributed by atoms with Crippen molar-refractivity contribution in [1.82, 2.24) is 29.9 Å². The molecule has 0 radical (unpaired) electrons. The van der Waals surface area contributed by atoms with Crippen molar-refractivity contribution in [2.45, 2.75) is 38.5 Å². The average molecular weight is 320 g/mol. The Morgan fingerprint density at radius 3 is 3.00 bits per heavy atom. The Hall–Kier alpha value is -1.77. The first-order valence-electron chi connectivity index (χ1n) is 8.03. The highest BCUT2D eigenvalue weighted by atomic mass is 16.5. The molecule has 1 fully saturated rings. The number of H-pyrrole nitrogens is 1. The SMILES string of the molecule is CC(C)c1n[nH]c([C@H]2CN(C[C@H](O)Cn3cccn3)CCO2)n1. The lowest BCUT2D eigenvalue weighted by Crippen LogP contribution is -2.43. The van der Waals surface area contributed by atoms with Gasteiger partial charge in [0, 0.05) is 37.9 Å². The highest BCUT2D eigenvalue weighted by Gasteiger charge is 2.26. The van der Waals surface area contributed by atoms with E-state index in [0.29, 0.717) is 26.2 Å². The van der Waals surface area contributed by atoms with Crippen molar-refractivity contribution < 1.29 is 9.84 Å². The zero-order valence-electron chi connectivity index (χ0n) is 13.6. The number of ether oxygens (including phenoxy) is 1. The first kappa shape index (κ1) is 16.1. The molecule has 0 aliphatic carbocycles. The van der Waals surface area contributed by atoms with E-state index in [1.807, 2.05) is 12.3 Å². The number of morpholine rings is 1. The third kappa shape index (κ3) is 4.15. The summed E-state index contributed by atoms with van der Waals surface area (Å²) in [7, 11) is 0. The molecule has 2 aromatic heterocycles. The molecule has 1 aliphatic heterocycles. The zero-order chi connectivity index (χ0) is 16.2. The lowest BCUT2D eigenvalue weighted by molar-refractivity contribution is -0.0473. The van der Waals surface area contributed by atoms with Crippen LogP contribution in [-0.2, 0) is 11.3 Å². The van der Waals surface area contributed by atoms with Gasteiger partial charge in [0.15, 0.2) is 11.6 Å². The molecular formula is C15H24N6O2. The van der Waals surface area contributed by atoms with Gasteiger partial charge >= 0.3 is 0 Å². The summed E-state index contributed by atoms with van der Waals surface area (Å²) in [6, 6.07) is 1.85. The molecule has 3 heterocycles. The van der Waals surface area contributed by atoms with Gasteiger partial charge in [0.05, 0.1) is 19.3 Å². The van der Waals surface area contributed by atoms with E-state index < -0.39 is 6.10 Å². The van der Waals surface area contributed by atoms with Crippen LogP contribution in [0, 0.1) is 0 Å². The lowest BCUT2D eigenvalue weighted by atomic mass is 10.2. The summed E-state index contributed by atoms with van der Waals surface area (Å²) >= 11 is 0. The second-order valence-electron chi connectivity index (χ2n) is 6.23. The number of β-amino-alcohol motifs (C(OH)–C–C–N with tert-alkyl or cyclic N) is 1. The maximum atomic E-state index is 10.2. The van der Waals surface area contributed by atoms with Crippen LogP contribution in [0.4, 0.5) is 0 Å². The van der Waals surface area contributed by atoms with Crippen LogP contribution in [-0.4, -0.2) is 67.3 Å². The van der Waals surface area contributed by atoms with Crippen molar-refractivity contribution in [3.05, 3.63) is 30.1 Å². The monoisotopic (exact) mass is 320 g/mol. The maximum Gasteiger partial charge on any atom is 0.155 e. The first-order valence-corrected chi connectivity index (χ1v) is 8.03. The van der Waals surface area contributed by atoms with Gasteiger partial charge in [0.2, 0.25) is 0 Å². The summed E-state index contributed by atoms with van der Waals surface area (Å²) < 4.78 is 7.54. The molecule has 3 rings (SSSR count). The number of hydrogen-bond acceptors (Lipinski definition) is 6. The second kappa shape index (κ2) is 7.20. The van der Waals surface area contributed by atoms with E-state index in [2.05, 4.69) is 39.0 Å². The number of aliphatic hydroxyl groups is 1. The predicted octanol–water partition coefficient (Wildman–Crippen LogP) is 0.559. The summed E-state index contributed by atoms with van der Waals surface area (Å²) in [5.74, 6) is 1.86. The third-order valence-corrected chi connectivity index (χ3v) is 3.92. The topological polar surface area (TPSA) is 92.1 Å². The number of rotatable bonds is 6. The Morgan fingerprint density at radius 1 is 1.43 bits per heavy atom. The van der Waals surface area contributed by atoms with Gasteiger partial charge in [-0.3, -0.25) is 14.7 Å². The summed E-state index contributed by atoms with van der Waals surface area (Å²) in [5, 5.41) is 21.6. The minimum Gasteiger partial charge on any atom is -0.390 e. The van der Waals surface area contributed by atoms with Crippen LogP contribution in [0.3, 0.4) is 0 Å². The molecule has 0 bridgehead atoms. The summed E-state index contributed by atoms with van der Waals surface area (Å²) in [6.45, 7) is 7.33. The van der Waals surface area contributed by atoms with Crippen molar-refractivity contribution in [2.24, 2.45) is 0 Å². The van der Waals surface area contributed by atoms with Gasteiger partial charge < -0.3 is 9.84 Å². The molecule has 8 heteroatoms. The minimum atomic E-state index is -0.463. The molecule has 0 unspecified atom stereocenters. The number of aliphatic hydroxyl groups excluding tert-OH is 1. The van der Waals surface area contributed by atoms with Crippen LogP contribution in [0.1, 0.15) is 37.5 Å². The molecule has 0 amide bonds. The lowest BCUT2D eigenvalue weighted by Gasteiger charge is -2.33. The quantitative estimate of drug-likeness (QED) is 0.808. The Balaban J connectivity index is 1.55. The highest BCUT2D eigenvalue weighted by molar-refractivity contribution is 4.99. The van der Waals surface area contributed by atoms with Crippen molar-refractivity contribution in [3.8, 4) is 0 Å². The average Bonchev–Trinajstić information content (AvgIpc) is 3.18. The molecule has 126 valence electrons. The van der Waals surface area contributed by atoms with Crippen molar-refractivity contribution in [2.75, 3.05) is 26.2 Å². The smallest absolute Gasteiger partial charge is 0.155 e. The fraction of sp³-hybridized carbons (Fsp3) is 0.667. The fourth-order valence-corrected chi connectivity index (χ4v) is 2.70. The van der Waals surface area contributed by atoms with Gasteiger partial charge in [-0.25, -0.2) is 4.98 Å². The van der Waals surface area contributed by atoms with E-state index in [0.717, 1.165) is 18.2 Å². The van der Waals surface area contributed by atoms with Gasteiger partial charge in [-0.1, -0.05) is 13.8 Å². The van der Waals surface area contributed by atoms with Gasteiger partial charge in [0.25, 0.3) is 0 Å². The van der Waals surface area contributed by atoms with E-state index >= 15 is 0 Å². The molecule has 0 spiro atoms. The van der Waals surface area contributed by atoms with E-state index in [1.54, 1.807) is 10.9 Å². The Morgan fingerprint density at radius 2 is 2.30 bits per heavy atom. The van der Waals surface area contributed by atoms with Crippen LogP contribution in [0.2, 0.25) is 0 Å². The minimum absolute atomic E-state index is 0.124. The van der Waals surface area contributed by atoms with Crippen LogP contribution >= 0.6 is 0 Å². The van der Waals surface area contributed by atoms with Gasteiger partial charge in [-0.2, -0.15) is 10.2 Å². The molecule has 0 aromatic carbocycles. The summed E-state index contributed by atoms with van der Waals surface area (Å²) in [6.07, 6.45) is 2.98. The number of nitrogens with zero attached hydrogens (tertiary/aromatic N) is 5. The molecule has 2 N–H and O–H groups in total. The molecular weight excluding hydrogens is 296 g/mol. The molecule has 2 atom stereocenters. The van der Waals surface area contributed by atoms with Gasteiger partial charge in [0.1, 0.15) is 6.10 Å². The van der Waals surface area contributed by atoms with Crippen molar-refractivity contribution >= 4 is 0 Å². The van der Waals surface area contributed by atoms with E-state index in [1.165, 1.54) is 0 Å². The molecule has 1 saturated heterocycles. The number of aromatic amines is 1. The van der Waals surface area contributed by atoms with Crippen LogP contribution in [0.25, 0.3) is 0 Å². The zero-order valence-corrected chi connectivity index (χ0v) is 13.6. The summed E-state index contributed by atoms with van der Waals surface area (Å²) in [4.78, 5) is 6.71. The molecule has 8 nitrogen and oxygen atoms in total. The van der Waals surface area contributed by atoms with E-state index in [4.69, 9.17) is 4.74 Å². The first-order chi connectivity index (χ1) is 11.1. The number of nitrogens with one attached hydrogen (secondary N) is 1. The highest BCUT2D eigenvalue weighted by Crippen LogP contribution is 2.20. The normalized spacial score (nSPS) is 21.0. The molecule has 0 saturated carbocycles. The maximum absolute atomic E-state index is 10.2. The number of hydrogen-bond donors (Lipinski definition) is 2. The Labute approximate surface area is 135 Å². The summed E-state index contributed by atoms with van der Waals surface area (Å²) in [5.41, 5.74) is 0. The third-order valence-electron chi connectivity index (χ3n) is 3.92. The second-order valence-corrected chi connectivity index (χ2v) is 6.23. The molecule has 2 aromatic rings. The van der Waals surface area contributed by atoms with Crippen LogP contribution in [0.15, 0.2) is 18.5 Å². The molecule has 23 heavy (non-hydrogen) atoms. The van der Waals surface area contributed by atoms with Gasteiger partial charge in [-0.15, -0.1) is 0 Å². The standard InChI is InChI=1S/C15H24N6O2/c1-11(2)14-17-15(19-18-14)13-10-20(6-7-23-13)8-12(22)9-21-5-3-4-16-21/h3-5,11-13,22H,6-10H2,1-2H3,(H,17,18,19)/t12-,13+/m0/s1.